The number of aromatic nitrogens is 5. The largest absolute Gasteiger partial charge is 0.345 e. The Morgan fingerprint density at radius 3 is 3.17 bits per heavy atom. The zero-order chi connectivity index (χ0) is 16.0. The molecule has 1 amide bonds. The van der Waals surface area contributed by atoms with Crippen molar-refractivity contribution in [2.75, 3.05) is 0 Å². The SMILES string of the molecule is Cc1nn(C)c2c1C(NC(=O)c1ccn3ncnc3c1)CCC2. The zero-order valence-corrected chi connectivity index (χ0v) is 13.2. The first-order valence-electron chi connectivity index (χ1n) is 7.76. The number of hydrogen-bond donors (Lipinski definition) is 1. The van der Waals surface area contributed by atoms with Crippen LogP contribution in [0, 0.1) is 6.92 Å². The molecule has 7 heteroatoms. The molecule has 0 fully saturated rings. The van der Waals surface area contributed by atoms with Crippen molar-refractivity contribution >= 4 is 11.6 Å². The molecule has 1 aliphatic carbocycles. The molecule has 0 aliphatic heterocycles. The summed E-state index contributed by atoms with van der Waals surface area (Å²) in [5.41, 5.74) is 4.67. The lowest BCUT2D eigenvalue weighted by molar-refractivity contribution is 0.0932. The highest BCUT2D eigenvalue weighted by Gasteiger charge is 2.27. The minimum Gasteiger partial charge on any atom is -0.345 e. The van der Waals surface area contributed by atoms with Crippen LogP contribution in [0.2, 0.25) is 0 Å². The minimum atomic E-state index is -0.0865. The third-order valence-electron chi connectivity index (χ3n) is 4.49. The van der Waals surface area contributed by atoms with E-state index in [-0.39, 0.29) is 11.9 Å². The molecule has 0 bridgehead atoms. The van der Waals surface area contributed by atoms with Crippen molar-refractivity contribution in [2.45, 2.75) is 32.2 Å². The van der Waals surface area contributed by atoms with E-state index in [1.165, 1.54) is 17.6 Å². The Labute approximate surface area is 133 Å². The topological polar surface area (TPSA) is 77.1 Å². The van der Waals surface area contributed by atoms with Gasteiger partial charge in [0.05, 0.1) is 11.7 Å². The van der Waals surface area contributed by atoms with Crippen LogP contribution in [0.15, 0.2) is 24.7 Å². The number of nitrogens with one attached hydrogen (secondary N) is 1. The second kappa shape index (κ2) is 5.19. The highest BCUT2D eigenvalue weighted by molar-refractivity contribution is 5.95. The normalized spacial score (nSPS) is 17.2. The molecular formula is C16H18N6O. The van der Waals surface area contributed by atoms with Gasteiger partial charge in [0.2, 0.25) is 0 Å². The van der Waals surface area contributed by atoms with Gasteiger partial charge < -0.3 is 5.32 Å². The Kier molecular flexibility index (Phi) is 3.14. The van der Waals surface area contributed by atoms with Gasteiger partial charge in [0.15, 0.2) is 5.65 Å². The van der Waals surface area contributed by atoms with Gasteiger partial charge in [0.1, 0.15) is 6.33 Å². The maximum absolute atomic E-state index is 12.6. The van der Waals surface area contributed by atoms with E-state index in [1.54, 1.807) is 22.8 Å². The Hall–Kier alpha value is -2.70. The lowest BCUT2D eigenvalue weighted by atomic mass is 9.91. The van der Waals surface area contributed by atoms with E-state index in [2.05, 4.69) is 20.5 Å². The number of nitrogens with zero attached hydrogens (tertiary/aromatic N) is 5. The lowest BCUT2D eigenvalue weighted by Crippen LogP contribution is -2.31. The van der Waals surface area contributed by atoms with E-state index in [0.717, 1.165) is 25.0 Å². The van der Waals surface area contributed by atoms with E-state index < -0.39 is 0 Å². The molecule has 1 unspecified atom stereocenters. The number of amides is 1. The summed E-state index contributed by atoms with van der Waals surface area (Å²) < 4.78 is 3.58. The van der Waals surface area contributed by atoms with Gasteiger partial charge in [-0.15, -0.1) is 0 Å². The van der Waals surface area contributed by atoms with Gasteiger partial charge in [-0.25, -0.2) is 9.50 Å². The molecule has 3 aromatic heterocycles. The maximum Gasteiger partial charge on any atom is 0.251 e. The summed E-state index contributed by atoms with van der Waals surface area (Å²) in [6, 6.07) is 3.54. The van der Waals surface area contributed by atoms with E-state index in [1.807, 2.05) is 18.7 Å². The number of carbonyl (C=O) groups excluding carboxylic acids is 1. The second-order valence-corrected chi connectivity index (χ2v) is 5.97. The van der Waals surface area contributed by atoms with Crippen molar-refractivity contribution < 1.29 is 4.79 Å². The first-order chi connectivity index (χ1) is 11.1. The molecule has 118 valence electrons. The van der Waals surface area contributed by atoms with Crippen molar-refractivity contribution in [3.8, 4) is 0 Å². The highest BCUT2D eigenvalue weighted by Crippen LogP contribution is 2.32. The predicted octanol–water partition coefficient (Wildman–Crippen LogP) is 1.58. The fourth-order valence-corrected chi connectivity index (χ4v) is 3.43. The summed E-state index contributed by atoms with van der Waals surface area (Å²) in [6.07, 6.45) is 6.24. The number of pyridine rings is 1. The van der Waals surface area contributed by atoms with Crippen molar-refractivity contribution in [1.29, 1.82) is 0 Å². The molecule has 1 aliphatic rings. The average molecular weight is 310 g/mol. The maximum atomic E-state index is 12.6. The minimum absolute atomic E-state index is 0.0223. The molecule has 3 heterocycles. The van der Waals surface area contributed by atoms with Crippen LogP contribution in [0.5, 0.6) is 0 Å². The molecule has 4 rings (SSSR count). The Morgan fingerprint density at radius 2 is 2.30 bits per heavy atom. The summed E-state index contributed by atoms with van der Waals surface area (Å²) in [4.78, 5) is 16.7. The molecule has 7 nitrogen and oxygen atoms in total. The molecule has 0 saturated carbocycles. The predicted molar refractivity (Wildman–Crippen MR) is 84.1 cm³/mol. The van der Waals surface area contributed by atoms with Crippen LogP contribution in [0.25, 0.3) is 5.65 Å². The third-order valence-corrected chi connectivity index (χ3v) is 4.49. The fraction of sp³-hybridized carbons (Fsp3) is 0.375. The van der Waals surface area contributed by atoms with Crippen molar-refractivity contribution in [3.63, 3.8) is 0 Å². The standard InChI is InChI=1S/C16H18N6O/c1-10-15-12(4-3-5-13(15)21(2)20-10)19-16(23)11-6-7-22-14(8-11)17-9-18-22/h6-9,12H,3-5H2,1-2H3,(H,19,23). The number of hydrogen-bond acceptors (Lipinski definition) is 4. The summed E-state index contributed by atoms with van der Waals surface area (Å²) >= 11 is 0. The van der Waals surface area contributed by atoms with E-state index in [0.29, 0.717) is 11.2 Å². The molecule has 0 aromatic carbocycles. The van der Waals surface area contributed by atoms with Crippen LogP contribution in [-0.2, 0) is 13.5 Å². The van der Waals surface area contributed by atoms with E-state index >= 15 is 0 Å². The molecule has 0 radical (unpaired) electrons. The number of rotatable bonds is 2. The smallest absolute Gasteiger partial charge is 0.251 e. The number of carbonyl (C=O) groups is 1. The van der Waals surface area contributed by atoms with E-state index in [4.69, 9.17) is 0 Å². The summed E-state index contributed by atoms with van der Waals surface area (Å²) in [5.74, 6) is -0.0865. The average Bonchev–Trinajstić information content (AvgIpc) is 3.12. The Balaban J connectivity index is 1.62. The quantitative estimate of drug-likeness (QED) is 0.779. The molecule has 1 atom stereocenters. The van der Waals surface area contributed by atoms with Gasteiger partial charge in [-0.05, 0) is 38.3 Å². The molecule has 1 N–H and O–H groups in total. The number of fused-ring (bicyclic) bond motifs is 2. The third kappa shape index (κ3) is 2.28. The molecular weight excluding hydrogens is 292 g/mol. The van der Waals surface area contributed by atoms with Crippen LogP contribution in [0.4, 0.5) is 0 Å². The van der Waals surface area contributed by atoms with Crippen LogP contribution >= 0.6 is 0 Å². The van der Waals surface area contributed by atoms with Crippen molar-refractivity contribution in [1.82, 2.24) is 29.7 Å². The van der Waals surface area contributed by atoms with Crippen LogP contribution in [-0.4, -0.2) is 30.3 Å². The van der Waals surface area contributed by atoms with Crippen LogP contribution < -0.4 is 5.32 Å². The highest BCUT2D eigenvalue weighted by atomic mass is 16.1. The van der Waals surface area contributed by atoms with Gasteiger partial charge in [-0.2, -0.15) is 10.2 Å². The Morgan fingerprint density at radius 1 is 1.43 bits per heavy atom. The zero-order valence-electron chi connectivity index (χ0n) is 13.2. The van der Waals surface area contributed by atoms with Gasteiger partial charge in [-0.1, -0.05) is 0 Å². The summed E-state index contributed by atoms with van der Waals surface area (Å²) in [5, 5.41) is 11.7. The van der Waals surface area contributed by atoms with Gasteiger partial charge in [0.25, 0.3) is 5.91 Å². The van der Waals surface area contributed by atoms with Gasteiger partial charge in [-0.3, -0.25) is 9.48 Å². The second-order valence-electron chi connectivity index (χ2n) is 5.97. The number of aryl methyl sites for hydroxylation is 2. The molecule has 3 aromatic rings. The molecule has 0 saturated heterocycles. The van der Waals surface area contributed by atoms with Gasteiger partial charge >= 0.3 is 0 Å². The first kappa shape index (κ1) is 13.9. The van der Waals surface area contributed by atoms with Crippen molar-refractivity contribution in [3.05, 3.63) is 47.2 Å². The Bertz CT molecular complexity index is 893. The monoisotopic (exact) mass is 310 g/mol. The van der Waals surface area contributed by atoms with Crippen LogP contribution in [0.3, 0.4) is 0 Å². The van der Waals surface area contributed by atoms with Crippen LogP contribution in [0.1, 0.15) is 46.2 Å². The summed E-state index contributed by atoms with van der Waals surface area (Å²) in [6.45, 7) is 2.01. The summed E-state index contributed by atoms with van der Waals surface area (Å²) in [7, 11) is 1.97. The van der Waals surface area contributed by atoms with Gasteiger partial charge in [0, 0.05) is 30.1 Å². The van der Waals surface area contributed by atoms with E-state index in [9.17, 15) is 4.79 Å². The molecule has 0 spiro atoms. The van der Waals surface area contributed by atoms with Crippen molar-refractivity contribution in [2.24, 2.45) is 7.05 Å². The fourth-order valence-electron chi connectivity index (χ4n) is 3.43. The first-order valence-corrected chi connectivity index (χ1v) is 7.76. The molecule has 23 heavy (non-hydrogen) atoms. The lowest BCUT2D eigenvalue weighted by Gasteiger charge is -2.24.